The van der Waals surface area contributed by atoms with E-state index in [0.29, 0.717) is 17.2 Å². The van der Waals surface area contributed by atoms with Gasteiger partial charge in [0.25, 0.3) is 5.91 Å². The average Bonchev–Trinajstić information content (AvgIpc) is 2.81. The molecule has 1 amide bonds. The minimum atomic E-state index is -0.0378. The zero-order chi connectivity index (χ0) is 13.7. The molecule has 2 N–H and O–H groups in total. The molecule has 0 spiro atoms. The highest BCUT2D eigenvalue weighted by atomic mass is 79.9. The van der Waals surface area contributed by atoms with Gasteiger partial charge >= 0.3 is 0 Å². The maximum Gasteiger partial charge on any atom is 0.261 e. The number of thiophene rings is 1. The van der Waals surface area contributed by atoms with Gasteiger partial charge in [0.05, 0.1) is 12.0 Å². The highest BCUT2D eigenvalue weighted by Gasteiger charge is 2.14. The minimum Gasteiger partial charge on any atom is -0.495 e. The van der Waals surface area contributed by atoms with E-state index in [1.165, 1.54) is 11.3 Å². The zero-order valence-corrected chi connectivity index (χ0v) is 14.5. The molecule has 5 nitrogen and oxygen atoms in total. The Morgan fingerprint density at radius 2 is 2.25 bits per heavy atom. The number of piperazine rings is 1. The van der Waals surface area contributed by atoms with Gasteiger partial charge in [-0.05, 0) is 15.9 Å². The Morgan fingerprint density at radius 3 is 2.85 bits per heavy atom. The molecule has 0 aliphatic carbocycles. The monoisotopic (exact) mass is 383 g/mol. The van der Waals surface area contributed by atoms with Gasteiger partial charge in [0, 0.05) is 45.3 Å². The molecule has 1 aromatic rings. The number of amides is 1. The van der Waals surface area contributed by atoms with Gasteiger partial charge in [-0.2, -0.15) is 0 Å². The van der Waals surface area contributed by atoms with E-state index in [1.807, 2.05) is 0 Å². The number of nitrogens with one attached hydrogen (secondary N) is 2. The minimum absolute atomic E-state index is 0. The molecule has 0 unspecified atom stereocenters. The van der Waals surface area contributed by atoms with Crippen molar-refractivity contribution in [3.05, 3.63) is 14.7 Å². The Bertz CT molecular complexity index is 438. The number of carbonyl (C=O) groups excluding carboxylic acids is 1. The van der Waals surface area contributed by atoms with E-state index in [1.54, 1.807) is 13.2 Å². The number of carbonyl (C=O) groups is 1. The second-order valence-electron chi connectivity index (χ2n) is 4.30. The molecule has 1 aliphatic heterocycles. The largest absolute Gasteiger partial charge is 0.495 e. The van der Waals surface area contributed by atoms with E-state index in [9.17, 15) is 4.79 Å². The van der Waals surface area contributed by atoms with Crippen LogP contribution in [0.1, 0.15) is 9.67 Å². The fourth-order valence-electron chi connectivity index (χ4n) is 1.95. The third kappa shape index (κ3) is 4.89. The molecule has 1 aliphatic rings. The molecule has 8 heteroatoms. The van der Waals surface area contributed by atoms with Crippen LogP contribution in [-0.4, -0.2) is 57.2 Å². The van der Waals surface area contributed by atoms with Gasteiger partial charge in [0.2, 0.25) is 0 Å². The van der Waals surface area contributed by atoms with Gasteiger partial charge in [-0.3, -0.25) is 9.69 Å². The van der Waals surface area contributed by atoms with Crippen molar-refractivity contribution in [1.82, 2.24) is 15.5 Å². The molecule has 0 saturated carbocycles. The van der Waals surface area contributed by atoms with Gasteiger partial charge in [0.15, 0.2) is 0 Å². The smallest absolute Gasteiger partial charge is 0.261 e. The predicted octanol–water partition coefficient (Wildman–Crippen LogP) is 1.58. The first-order chi connectivity index (χ1) is 9.20. The van der Waals surface area contributed by atoms with Crippen molar-refractivity contribution in [2.45, 2.75) is 0 Å². The Hall–Kier alpha value is -0.340. The van der Waals surface area contributed by atoms with Crippen molar-refractivity contribution in [3.63, 3.8) is 0 Å². The molecule has 1 fully saturated rings. The number of hydrogen-bond acceptors (Lipinski definition) is 5. The van der Waals surface area contributed by atoms with Crippen LogP contribution in [0.2, 0.25) is 0 Å². The van der Waals surface area contributed by atoms with Gasteiger partial charge in [0.1, 0.15) is 9.54 Å². The molecule has 0 bridgehead atoms. The van der Waals surface area contributed by atoms with Crippen molar-refractivity contribution in [3.8, 4) is 5.75 Å². The standard InChI is InChI=1S/C12H18BrN3O2S.ClH/c1-18-9-8-10(19-11(9)13)12(17)15-4-7-16-5-2-14-3-6-16;/h8,14H,2-7H2,1H3,(H,15,17);1H. The lowest BCUT2D eigenvalue weighted by Crippen LogP contribution is -2.46. The molecule has 2 rings (SSSR count). The van der Waals surface area contributed by atoms with Crippen molar-refractivity contribution in [2.24, 2.45) is 0 Å². The first kappa shape index (κ1) is 17.7. The topological polar surface area (TPSA) is 53.6 Å². The summed E-state index contributed by atoms with van der Waals surface area (Å²) in [7, 11) is 1.60. The molecular formula is C12H19BrClN3O2S. The van der Waals surface area contributed by atoms with E-state index >= 15 is 0 Å². The Kier molecular flexibility index (Phi) is 7.83. The lowest BCUT2D eigenvalue weighted by Gasteiger charge is -2.26. The third-order valence-corrected chi connectivity index (χ3v) is 4.80. The molecule has 1 aromatic heterocycles. The molecular weight excluding hydrogens is 366 g/mol. The molecule has 2 heterocycles. The van der Waals surface area contributed by atoms with Gasteiger partial charge in [-0.25, -0.2) is 0 Å². The SMILES string of the molecule is COc1cc(C(=O)NCCN2CCNCC2)sc1Br.Cl. The lowest BCUT2D eigenvalue weighted by atomic mass is 10.3. The third-order valence-electron chi connectivity index (χ3n) is 3.02. The summed E-state index contributed by atoms with van der Waals surface area (Å²) in [5, 5.41) is 6.25. The molecule has 1 saturated heterocycles. The number of rotatable bonds is 5. The van der Waals surface area contributed by atoms with Crippen LogP contribution in [0.3, 0.4) is 0 Å². The maximum atomic E-state index is 12.0. The summed E-state index contributed by atoms with van der Waals surface area (Å²) in [5.74, 6) is 0.668. The zero-order valence-electron chi connectivity index (χ0n) is 11.3. The van der Waals surface area contributed by atoms with E-state index in [-0.39, 0.29) is 18.3 Å². The number of halogens is 2. The first-order valence-corrected chi connectivity index (χ1v) is 7.86. The molecule has 0 aromatic carbocycles. The number of hydrogen-bond donors (Lipinski definition) is 2. The summed E-state index contributed by atoms with van der Waals surface area (Å²) >= 11 is 4.76. The molecule has 0 atom stereocenters. The second kappa shape index (κ2) is 8.84. The van der Waals surface area contributed by atoms with Crippen molar-refractivity contribution >= 4 is 45.6 Å². The summed E-state index contributed by atoms with van der Waals surface area (Å²) < 4.78 is 5.99. The van der Waals surface area contributed by atoms with Crippen molar-refractivity contribution < 1.29 is 9.53 Å². The van der Waals surface area contributed by atoms with E-state index in [2.05, 4.69) is 31.5 Å². The van der Waals surface area contributed by atoms with Gasteiger partial charge in [-0.1, -0.05) is 0 Å². The summed E-state index contributed by atoms with van der Waals surface area (Å²) in [6.45, 7) is 5.74. The van der Waals surface area contributed by atoms with Gasteiger partial charge < -0.3 is 15.4 Å². The Labute approximate surface area is 137 Å². The molecule has 0 radical (unpaired) electrons. The first-order valence-electron chi connectivity index (χ1n) is 6.25. The number of nitrogens with zero attached hydrogens (tertiary/aromatic N) is 1. The second-order valence-corrected chi connectivity index (χ2v) is 6.67. The van der Waals surface area contributed by atoms with Crippen LogP contribution in [0.4, 0.5) is 0 Å². The van der Waals surface area contributed by atoms with E-state index in [0.717, 1.165) is 36.5 Å². The fourth-order valence-corrected chi connectivity index (χ4v) is 3.52. The number of methoxy groups -OCH3 is 1. The molecule has 114 valence electrons. The molecule has 20 heavy (non-hydrogen) atoms. The maximum absolute atomic E-state index is 12.0. The summed E-state index contributed by atoms with van der Waals surface area (Å²) in [6.07, 6.45) is 0. The quantitative estimate of drug-likeness (QED) is 0.809. The Morgan fingerprint density at radius 1 is 1.55 bits per heavy atom. The van der Waals surface area contributed by atoms with E-state index < -0.39 is 0 Å². The van der Waals surface area contributed by atoms with E-state index in [4.69, 9.17) is 4.74 Å². The summed E-state index contributed by atoms with van der Waals surface area (Å²) in [5.41, 5.74) is 0. The van der Waals surface area contributed by atoms with Crippen molar-refractivity contribution in [1.29, 1.82) is 0 Å². The normalized spacial score (nSPS) is 15.5. The summed E-state index contributed by atoms with van der Waals surface area (Å²) in [6, 6.07) is 1.76. The Balaban J connectivity index is 0.00000200. The fraction of sp³-hybridized carbons (Fsp3) is 0.583. The highest BCUT2D eigenvalue weighted by Crippen LogP contribution is 2.34. The summed E-state index contributed by atoms with van der Waals surface area (Å²) in [4.78, 5) is 15.0. The van der Waals surface area contributed by atoms with Crippen LogP contribution in [0.25, 0.3) is 0 Å². The number of ether oxygens (including phenoxy) is 1. The highest BCUT2D eigenvalue weighted by molar-refractivity contribution is 9.11. The average molecular weight is 385 g/mol. The van der Waals surface area contributed by atoms with Crippen LogP contribution < -0.4 is 15.4 Å². The van der Waals surface area contributed by atoms with Crippen LogP contribution in [0.5, 0.6) is 5.75 Å². The van der Waals surface area contributed by atoms with Crippen LogP contribution >= 0.6 is 39.7 Å². The van der Waals surface area contributed by atoms with Crippen LogP contribution in [-0.2, 0) is 0 Å². The van der Waals surface area contributed by atoms with Crippen LogP contribution in [0, 0.1) is 0 Å². The van der Waals surface area contributed by atoms with Gasteiger partial charge in [-0.15, -0.1) is 23.7 Å². The predicted molar refractivity (Wildman–Crippen MR) is 87.5 cm³/mol. The lowest BCUT2D eigenvalue weighted by molar-refractivity contribution is 0.0951. The van der Waals surface area contributed by atoms with Crippen LogP contribution in [0.15, 0.2) is 9.85 Å². The van der Waals surface area contributed by atoms with Crippen molar-refractivity contribution in [2.75, 3.05) is 46.4 Å².